The summed E-state index contributed by atoms with van der Waals surface area (Å²) in [7, 11) is -3.21. The first-order valence-corrected chi connectivity index (χ1v) is 8.19. The van der Waals surface area contributed by atoms with E-state index >= 15 is 0 Å². The van der Waals surface area contributed by atoms with Gasteiger partial charge in [0, 0.05) is 0 Å². The molecule has 0 unspecified atom stereocenters. The smallest absolute Gasteiger partial charge is 0.305 e. The lowest BCUT2D eigenvalue weighted by molar-refractivity contribution is 0.228. The zero-order chi connectivity index (χ0) is 13.6. The molecular weight excluding hydrogens is 315 g/mol. The summed E-state index contributed by atoms with van der Waals surface area (Å²) >= 11 is 3.31. The molecule has 0 heterocycles. The number of aryl methyl sites for hydroxylation is 1. The Morgan fingerprint density at radius 3 is 2.17 bits per heavy atom. The third-order valence-electron chi connectivity index (χ3n) is 2.22. The summed E-state index contributed by atoms with van der Waals surface area (Å²) in [5.74, 6) is 0. The summed E-state index contributed by atoms with van der Waals surface area (Å²) in [5.41, 5.74) is 2.13. The number of hydrogen-bond acceptors (Lipinski definition) is 3. The number of benzene rings is 1. The lowest BCUT2D eigenvalue weighted by Crippen LogP contribution is -1.95. The fourth-order valence-corrected chi connectivity index (χ4v) is 3.57. The van der Waals surface area contributed by atoms with Gasteiger partial charge in [0.15, 0.2) is 0 Å². The highest BCUT2D eigenvalue weighted by atomic mass is 79.9. The van der Waals surface area contributed by atoms with Crippen LogP contribution in [0.3, 0.4) is 0 Å². The van der Waals surface area contributed by atoms with Gasteiger partial charge in [0.05, 0.1) is 13.2 Å². The highest BCUT2D eigenvalue weighted by Gasteiger charge is 2.27. The van der Waals surface area contributed by atoms with Gasteiger partial charge in [-0.05, 0) is 48.3 Å². The van der Waals surface area contributed by atoms with Crippen molar-refractivity contribution in [2.24, 2.45) is 0 Å². The maximum absolute atomic E-state index is 12.4. The van der Waals surface area contributed by atoms with Crippen molar-refractivity contribution in [1.82, 2.24) is 0 Å². The van der Waals surface area contributed by atoms with Crippen LogP contribution in [0.1, 0.15) is 25.0 Å². The van der Waals surface area contributed by atoms with Crippen molar-refractivity contribution in [3.63, 3.8) is 0 Å². The largest absolute Gasteiger partial charge is 0.368 e. The van der Waals surface area contributed by atoms with Crippen molar-refractivity contribution in [3.05, 3.63) is 39.6 Å². The molecule has 0 aliphatic heterocycles. The maximum Gasteiger partial charge on any atom is 0.368 e. The Hall–Kier alpha value is -0.410. The van der Waals surface area contributed by atoms with Gasteiger partial charge < -0.3 is 9.05 Å². The van der Waals surface area contributed by atoms with Crippen LogP contribution in [-0.4, -0.2) is 13.2 Å². The lowest BCUT2D eigenvalue weighted by Gasteiger charge is -2.16. The molecule has 0 amide bonds. The van der Waals surface area contributed by atoms with E-state index in [1.54, 1.807) is 19.9 Å². The highest BCUT2D eigenvalue weighted by molar-refractivity contribution is 9.13. The predicted molar refractivity (Wildman–Crippen MR) is 78.9 cm³/mol. The molecule has 0 fully saturated rings. The van der Waals surface area contributed by atoms with Gasteiger partial charge in [-0.1, -0.05) is 29.8 Å². The molecule has 0 radical (unpaired) electrons. The zero-order valence-electron chi connectivity index (χ0n) is 10.9. The Morgan fingerprint density at radius 2 is 1.72 bits per heavy atom. The molecule has 0 saturated heterocycles. The average Bonchev–Trinajstić information content (AvgIpc) is 2.32. The fraction of sp³-hybridized carbons (Fsp3) is 0.385. The summed E-state index contributed by atoms with van der Waals surface area (Å²) < 4.78 is 23.4. The Bertz CT molecular complexity index is 444. The van der Waals surface area contributed by atoms with E-state index < -0.39 is 7.60 Å². The van der Waals surface area contributed by atoms with Crippen LogP contribution in [0.25, 0.3) is 6.08 Å². The minimum atomic E-state index is -3.21. The lowest BCUT2D eigenvalue weighted by atomic mass is 10.2. The van der Waals surface area contributed by atoms with Crippen LogP contribution >= 0.6 is 23.5 Å². The molecule has 18 heavy (non-hydrogen) atoms. The normalized spacial score (nSPS) is 12.8. The van der Waals surface area contributed by atoms with Crippen molar-refractivity contribution < 1.29 is 13.6 Å². The molecule has 0 aliphatic rings. The van der Waals surface area contributed by atoms with Crippen LogP contribution in [0.15, 0.2) is 28.5 Å². The van der Waals surface area contributed by atoms with E-state index in [9.17, 15) is 4.57 Å². The van der Waals surface area contributed by atoms with Gasteiger partial charge >= 0.3 is 7.60 Å². The number of rotatable bonds is 6. The molecule has 5 heteroatoms. The van der Waals surface area contributed by atoms with Gasteiger partial charge in [-0.25, -0.2) is 0 Å². The SMILES string of the molecule is CCOP(=O)(OCC)/C(Br)=C\c1ccc(C)cc1. The average molecular weight is 333 g/mol. The second-order valence-corrected chi connectivity index (χ2v) is 7.17. The van der Waals surface area contributed by atoms with E-state index in [0.717, 1.165) is 5.56 Å². The van der Waals surface area contributed by atoms with Crippen molar-refractivity contribution in [2.75, 3.05) is 13.2 Å². The molecule has 3 nitrogen and oxygen atoms in total. The van der Waals surface area contributed by atoms with Gasteiger partial charge in [-0.15, -0.1) is 0 Å². The molecule has 0 aromatic heterocycles. The summed E-state index contributed by atoms with van der Waals surface area (Å²) in [6.07, 6.45) is 1.77. The highest BCUT2D eigenvalue weighted by Crippen LogP contribution is 2.59. The first-order chi connectivity index (χ1) is 8.51. The molecule has 1 aromatic carbocycles. The Morgan fingerprint density at radius 1 is 1.22 bits per heavy atom. The molecule has 1 aromatic rings. The second-order valence-electron chi connectivity index (χ2n) is 3.71. The number of hydrogen-bond donors (Lipinski definition) is 0. The molecule has 0 saturated carbocycles. The summed E-state index contributed by atoms with van der Waals surface area (Å²) in [4.78, 5) is 0. The minimum Gasteiger partial charge on any atom is -0.305 e. The van der Waals surface area contributed by atoms with E-state index in [-0.39, 0.29) is 0 Å². The van der Waals surface area contributed by atoms with Crippen LogP contribution < -0.4 is 0 Å². The standard InChI is InChI=1S/C13H18BrO3P/c1-4-16-18(15,17-5-2)13(14)10-12-8-6-11(3)7-9-12/h6-10H,4-5H2,1-3H3/b13-10-. The van der Waals surface area contributed by atoms with Crippen LogP contribution in [0.4, 0.5) is 0 Å². The van der Waals surface area contributed by atoms with E-state index in [1.807, 2.05) is 31.2 Å². The summed E-state index contributed by atoms with van der Waals surface area (Å²) in [6, 6.07) is 7.91. The molecule has 0 N–H and O–H groups in total. The van der Waals surface area contributed by atoms with Crippen LogP contribution in [0, 0.1) is 6.92 Å². The van der Waals surface area contributed by atoms with Crippen molar-refractivity contribution >= 4 is 29.6 Å². The molecule has 0 aliphatic carbocycles. The summed E-state index contributed by atoms with van der Waals surface area (Å²) in [5, 5.41) is 0. The van der Waals surface area contributed by atoms with E-state index in [0.29, 0.717) is 17.4 Å². The Balaban J connectivity index is 2.98. The van der Waals surface area contributed by atoms with E-state index in [2.05, 4.69) is 15.9 Å². The van der Waals surface area contributed by atoms with Crippen molar-refractivity contribution in [2.45, 2.75) is 20.8 Å². The minimum absolute atomic E-state index is 0.341. The molecular formula is C13H18BrO3P. The third-order valence-corrected chi connectivity index (χ3v) is 5.60. The van der Waals surface area contributed by atoms with Crippen LogP contribution in [0.2, 0.25) is 0 Å². The van der Waals surface area contributed by atoms with E-state index in [1.165, 1.54) is 5.56 Å². The van der Waals surface area contributed by atoms with Crippen molar-refractivity contribution in [1.29, 1.82) is 0 Å². The van der Waals surface area contributed by atoms with E-state index in [4.69, 9.17) is 9.05 Å². The first-order valence-electron chi connectivity index (χ1n) is 5.85. The van der Waals surface area contributed by atoms with Gasteiger partial charge in [0.25, 0.3) is 0 Å². The maximum atomic E-state index is 12.4. The van der Waals surface area contributed by atoms with Crippen LogP contribution in [-0.2, 0) is 13.6 Å². The van der Waals surface area contributed by atoms with Gasteiger partial charge in [-0.2, -0.15) is 0 Å². The quantitative estimate of drug-likeness (QED) is 0.691. The molecule has 1 rings (SSSR count). The predicted octanol–water partition coefficient (Wildman–Crippen LogP) is 4.95. The van der Waals surface area contributed by atoms with Crippen LogP contribution in [0.5, 0.6) is 0 Å². The fourth-order valence-electron chi connectivity index (χ4n) is 1.38. The first kappa shape index (κ1) is 15.6. The molecule has 0 spiro atoms. The van der Waals surface area contributed by atoms with Gasteiger partial charge in [0.1, 0.15) is 4.22 Å². The Labute approximate surface area is 117 Å². The molecule has 100 valence electrons. The monoisotopic (exact) mass is 332 g/mol. The second kappa shape index (κ2) is 7.25. The summed E-state index contributed by atoms with van der Waals surface area (Å²) in [6.45, 7) is 6.28. The van der Waals surface area contributed by atoms with Gasteiger partial charge in [-0.3, -0.25) is 4.57 Å². The number of halogens is 1. The molecule has 0 atom stereocenters. The molecule has 0 bridgehead atoms. The zero-order valence-corrected chi connectivity index (χ0v) is 13.3. The Kier molecular flexibility index (Phi) is 6.30. The third kappa shape index (κ3) is 4.36. The topological polar surface area (TPSA) is 35.5 Å². The van der Waals surface area contributed by atoms with Crippen molar-refractivity contribution in [3.8, 4) is 0 Å². The van der Waals surface area contributed by atoms with Gasteiger partial charge in [0.2, 0.25) is 0 Å².